The van der Waals surface area contributed by atoms with E-state index in [4.69, 9.17) is 23.2 Å². The Morgan fingerprint density at radius 3 is 2.80 bits per heavy atom. The molecule has 1 aliphatic heterocycles. The summed E-state index contributed by atoms with van der Waals surface area (Å²) in [6.45, 7) is 1.66. The van der Waals surface area contributed by atoms with Crippen LogP contribution in [-0.4, -0.2) is 24.7 Å². The molecular formula is C9H11Cl2N3S. The van der Waals surface area contributed by atoms with E-state index in [1.54, 1.807) is 12.1 Å². The van der Waals surface area contributed by atoms with Gasteiger partial charge in [0.15, 0.2) is 0 Å². The molecule has 0 atom stereocenters. The lowest BCUT2D eigenvalue weighted by Gasteiger charge is -2.34. The third-order valence-corrected chi connectivity index (χ3v) is 3.54. The first-order valence-corrected chi connectivity index (χ1v) is 6.01. The minimum absolute atomic E-state index is 0.591. The second-order valence-corrected chi connectivity index (χ2v) is 5.21. The van der Waals surface area contributed by atoms with Crippen molar-refractivity contribution in [3.05, 3.63) is 28.2 Å². The number of nitrogens with zero attached hydrogens (tertiary/aromatic N) is 2. The number of halogens is 2. The molecule has 15 heavy (non-hydrogen) atoms. The van der Waals surface area contributed by atoms with Crippen LogP contribution in [0.3, 0.4) is 0 Å². The molecule has 0 aliphatic carbocycles. The summed E-state index contributed by atoms with van der Waals surface area (Å²) in [5.74, 6) is 0. The smallest absolute Gasteiger partial charge is 0.0825 e. The maximum Gasteiger partial charge on any atom is 0.0825 e. The number of rotatable bonds is 1. The minimum Gasteiger partial charge on any atom is -0.344 e. The largest absolute Gasteiger partial charge is 0.344 e. The fourth-order valence-electron chi connectivity index (χ4n) is 1.39. The highest BCUT2D eigenvalue weighted by Crippen LogP contribution is 2.28. The fourth-order valence-corrected chi connectivity index (χ4v) is 2.31. The van der Waals surface area contributed by atoms with Gasteiger partial charge in [0.2, 0.25) is 0 Å². The third kappa shape index (κ3) is 2.71. The van der Waals surface area contributed by atoms with Crippen LogP contribution in [0, 0.1) is 0 Å². The highest BCUT2D eigenvalue weighted by molar-refractivity contribution is 7.95. The lowest BCUT2D eigenvalue weighted by Crippen LogP contribution is -2.44. The van der Waals surface area contributed by atoms with E-state index in [1.165, 1.54) is 0 Å². The monoisotopic (exact) mass is 263 g/mol. The van der Waals surface area contributed by atoms with E-state index in [9.17, 15) is 0 Å². The summed E-state index contributed by atoms with van der Waals surface area (Å²) in [7, 11) is 2.03. The first kappa shape index (κ1) is 11.4. The van der Waals surface area contributed by atoms with Crippen molar-refractivity contribution in [1.82, 2.24) is 9.03 Å². The highest BCUT2D eigenvalue weighted by atomic mass is 35.5. The Hall–Kier alpha value is -0.130. The fraction of sp³-hybridized carbons (Fsp3) is 0.333. The summed E-state index contributed by atoms with van der Waals surface area (Å²) in [4.78, 5) is 2.18. The van der Waals surface area contributed by atoms with Crippen LogP contribution in [0.5, 0.6) is 0 Å². The molecule has 1 N–H and O–H groups in total. The van der Waals surface area contributed by atoms with Gasteiger partial charge in [-0.1, -0.05) is 23.2 Å². The molecule has 6 heteroatoms. The summed E-state index contributed by atoms with van der Waals surface area (Å²) < 4.78 is 5.31. The first-order chi connectivity index (χ1) is 7.16. The molecule has 3 nitrogen and oxygen atoms in total. The Labute approximate surface area is 104 Å². The second kappa shape index (κ2) is 4.80. The Kier molecular flexibility index (Phi) is 3.64. The van der Waals surface area contributed by atoms with Gasteiger partial charge in [-0.05, 0) is 18.2 Å². The van der Waals surface area contributed by atoms with Crippen LogP contribution in [0.1, 0.15) is 0 Å². The van der Waals surface area contributed by atoms with Gasteiger partial charge in [-0.3, -0.25) is 0 Å². The van der Waals surface area contributed by atoms with Crippen LogP contribution in [0.2, 0.25) is 10.0 Å². The van der Waals surface area contributed by atoms with E-state index in [-0.39, 0.29) is 0 Å². The van der Waals surface area contributed by atoms with Gasteiger partial charge in [0.1, 0.15) is 0 Å². The zero-order valence-corrected chi connectivity index (χ0v) is 10.5. The van der Waals surface area contributed by atoms with Gasteiger partial charge in [0, 0.05) is 24.9 Å². The molecule has 1 aromatic rings. The van der Waals surface area contributed by atoms with Crippen LogP contribution in [0.25, 0.3) is 0 Å². The standard InChI is InChI=1S/C9H11Cl2N3S/c1-13-6-14(5-12-15-13)7-2-3-8(10)9(11)4-7/h2-4,12H,5-6H2,1H3. The molecule has 1 fully saturated rings. The normalized spacial score (nSPS) is 18.2. The molecule has 0 spiro atoms. The summed E-state index contributed by atoms with van der Waals surface area (Å²) in [6, 6.07) is 5.68. The van der Waals surface area contributed by atoms with Crippen molar-refractivity contribution < 1.29 is 0 Å². The van der Waals surface area contributed by atoms with Gasteiger partial charge in [0.25, 0.3) is 0 Å². The predicted molar refractivity (Wildman–Crippen MR) is 67.2 cm³/mol. The van der Waals surface area contributed by atoms with Crippen molar-refractivity contribution >= 4 is 41.0 Å². The molecule has 1 saturated heterocycles. The van der Waals surface area contributed by atoms with Crippen LogP contribution in [0.15, 0.2) is 18.2 Å². The number of benzene rings is 1. The van der Waals surface area contributed by atoms with Gasteiger partial charge in [-0.15, -0.1) is 0 Å². The summed E-state index contributed by atoms with van der Waals surface area (Å²) in [5, 5.41) is 1.18. The van der Waals surface area contributed by atoms with E-state index in [2.05, 4.69) is 13.9 Å². The van der Waals surface area contributed by atoms with Gasteiger partial charge >= 0.3 is 0 Å². The number of hydrogen-bond donors (Lipinski definition) is 1. The zero-order chi connectivity index (χ0) is 10.8. The maximum atomic E-state index is 5.97. The molecule has 0 radical (unpaired) electrons. The van der Waals surface area contributed by atoms with E-state index < -0.39 is 0 Å². The first-order valence-electron chi connectivity index (χ1n) is 4.48. The molecular weight excluding hydrogens is 253 g/mol. The van der Waals surface area contributed by atoms with Gasteiger partial charge in [0.05, 0.1) is 23.4 Å². The van der Waals surface area contributed by atoms with Crippen molar-refractivity contribution in [3.63, 3.8) is 0 Å². The average Bonchev–Trinajstić information content (AvgIpc) is 2.22. The van der Waals surface area contributed by atoms with E-state index in [0.717, 1.165) is 19.0 Å². The van der Waals surface area contributed by atoms with Crippen molar-refractivity contribution in [3.8, 4) is 0 Å². The van der Waals surface area contributed by atoms with Gasteiger partial charge in [-0.2, -0.15) is 0 Å². The molecule has 0 aromatic heterocycles. The molecule has 1 aliphatic rings. The lowest BCUT2D eigenvalue weighted by molar-refractivity contribution is 0.509. The quantitative estimate of drug-likeness (QED) is 0.786. The SMILES string of the molecule is CN1CN(c2ccc(Cl)c(Cl)c2)CNS1. The molecule has 0 amide bonds. The zero-order valence-electron chi connectivity index (χ0n) is 8.20. The van der Waals surface area contributed by atoms with E-state index >= 15 is 0 Å². The molecule has 82 valence electrons. The number of anilines is 1. The minimum atomic E-state index is 0.591. The number of hydrogen-bond acceptors (Lipinski definition) is 4. The van der Waals surface area contributed by atoms with Gasteiger partial charge < -0.3 is 4.90 Å². The van der Waals surface area contributed by atoms with Crippen LogP contribution in [-0.2, 0) is 0 Å². The molecule has 0 unspecified atom stereocenters. The lowest BCUT2D eigenvalue weighted by atomic mass is 10.3. The van der Waals surface area contributed by atoms with Gasteiger partial charge in [-0.25, -0.2) is 9.03 Å². The van der Waals surface area contributed by atoms with Crippen molar-refractivity contribution in [2.75, 3.05) is 25.3 Å². The Balaban J connectivity index is 2.18. The van der Waals surface area contributed by atoms with Crippen LogP contribution < -0.4 is 9.62 Å². The summed E-state index contributed by atoms with van der Waals surface area (Å²) >= 11 is 13.4. The molecule has 1 aromatic carbocycles. The topological polar surface area (TPSA) is 18.5 Å². The van der Waals surface area contributed by atoms with Crippen molar-refractivity contribution in [2.24, 2.45) is 0 Å². The summed E-state index contributed by atoms with van der Waals surface area (Å²) in [6.07, 6.45) is 0. The second-order valence-electron chi connectivity index (χ2n) is 3.30. The van der Waals surface area contributed by atoms with Crippen molar-refractivity contribution in [1.29, 1.82) is 0 Å². The number of nitrogens with one attached hydrogen (secondary N) is 1. The highest BCUT2D eigenvalue weighted by Gasteiger charge is 2.15. The third-order valence-electron chi connectivity index (χ3n) is 2.11. The van der Waals surface area contributed by atoms with Crippen molar-refractivity contribution in [2.45, 2.75) is 0 Å². The van der Waals surface area contributed by atoms with Crippen LogP contribution in [0.4, 0.5) is 5.69 Å². The molecule has 0 bridgehead atoms. The molecule has 0 saturated carbocycles. The van der Waals surface area contributed by atoms with E-state index in [0.29, 0.717) is 10.0 Å². The molecule has 1 heterocycles. The Morgan fingerprint density at radius 2 is 2.13 bits per heavy atom. The molecule has 2 rings (SSSR count). The maximum absolute atomic E-state index is 5.97. The van der Waals surface area contributed by atoms with E-state index in [1.807, 2.05) is 25.2 Å². The Bertz CT molecular complexity index is 361. The Morgan fingerprint density at radius 1 is 1.33 bits per heavy atom. The predicted octanol–water partition coefficient (Wildman–Crippen LogP) is 2.81. The average molecular weight is 264 g/mol. The summed E-state index contributed by atoms with van der Waals surface area (Å²) in [5.41, 5.74) is 1.07. The van der Waals surface area contributed by atoms with Crippen LogP contribution >= 0.6 is 35.3 Å².